The number of carbonyl (C=O) groups is 2. The average Bonchev–Trinajstić information content (AvgIpc) is 2.28. The molecule has 0 aliphatic heterocycles. The van der Waals surface area contributed by atoms with Gasteiger partial charge in [-0.15, -0.1) is 11.8 Å². The van der Waals surface area contributed by atoms with E-state index in [2.05, 4.69) is 0 Å². The number of urea groups is 1. The molecule has 0 fully saturated rings. The molecule has 0 saturated heterocycles. The lowest BCUT2D eigenvalue weighted by Gasteiger charge is -2.07. The summed E-state index contributed by atoms with van der Waals surface area (Å²) in [6, 6.07) is 6.72. The van der Waals surface area contributed by atoms with Crippen LogP contribution in [0.25, 0.3) is 0 Å². The van der Waals surface area contributed by atoms with Gasteiger partial charge in [0.15, 0.2) is 0 Å². The van der Waals surface area contributed by atoms with E-state index in [1.54, 1.807) is 7.11 Å². The first-order chi connectivity index (χ1) is 8.13. The number of carbonyl (C=O) groups excluding carboxylic acids is 2. The van der Waals surface area contributed by atoms with Gasteiger partial charge in [-0.25, -0.2) is 4.79 Å². The third kappa shape index (κ3) is 4.78. The molecule has 3 N–H and O–H groups in total. The fourth-order valence-electron chi connectivity index (χ4n) is 1.19. The van der Waals surface area contributed by atoms with Gasteiger partial charge in [0, 0.05) is 17.1 Å². The van der Waals surface area contributed by atoms with Crippen molar-refractivity contribution in [2.45, 2.75) is 11.3 Å². The van der Waals surface area contributed by atoms with E-state index in [0.29, 0.717) is 5.75 Å². The van der Waals surface area contributed by atoms with Gasteiger partial charge in [0.2, 0.25) is 5.91 Å². The summed E-state index contributed by atoms with van der Waals surface area (Å²) in [5, 5.41) is 2.01. The van der Waals surface area contributed by atoms with Crippen molar-refractivity contribution < 1.29 is 14.3 Å². The zero-order valence-electron chi connectivity index (χ0n) is 9.43. The first-order valence-corrected chi connectivity index (χ1v) is 5.97. The Balaban J connectivity index is 2.40. The van der Waals surface area contributed by atoms with Crippen molar-refractivity contribution in [2.75, 3.05) is 12.9 Å². The van der Waals surface area contributed by atoms with Crippen LogP contribution in [0.2, 0.25) is 0 Å². The molecule has 1 rings (SSSR count). The molecule has 3 amide bonds. The molecule has 17 heavy (non-hydrogen) atoms. The zero-order valence-corrected chi connectivity index (χ0v) is 10.3. The van der Waals surface area contributed by atoms with Crippen molar-refractivity contribution in [1.82, 2.24) is 5.32 Å². The van der Waals surface area contributed by atoms with E-state index in [1.807, 2.05) is 29.6 Å². The molecule has 0 aliphatic carbocycles. The number of nitrogens with one attached hydrogen (secondary N) is 1. The molecular weight excluding hydrogens is 240 g/mol. The standard InChI is InChI=1S/C11H14N2O3S/c1-16-8-4-2-3-5-9(8)17-7-6-10(14)13-11(12)15/h2-5H,6-7H2,1H3,(H3,12,13,14,15). The zero-order chi connectivity index (χ0) is 12.7. The second-order valence-corrected chi connectivity index (χ2v) is 4.30. The van der Waals surface area contributed by atoms with Gasteiger partial charge in [-0.05, 0) is 12.1 Å². The Bertz CT molecular complexity index is 409. The van der Waals surface area contributed by atoms with Crippen molar-refractivity contribution in [3.05, 3.63) is 24.3 Å². The summed E-state index contributed by atoms with van der Waals surface area (Å²) in [4.78, 5) is 22.5. The molecule has 0 atom stereocenters. The Morgan fingerprint density at radius 1 is 1.41 bits per heavy atom. The molecule has 92 valence electrons. The predicted molar refractivity (Wildman–Crippen MR) is 66.1 cm³/mol. The number of methoxy groups -OCH3 is 1. The highest BCUT2D eigenvalue weighted by molar-refractivity contribution is 7.99. The van der Waals surface area contributed by atoms with E-state index in [4.69, 9.17) is 10.5 Å². The van der Waals surface area contributed by atoms with E-state index < -0.39 is 6.03 Å². The maximum atomic E-state index is 11.1. The first-order valence-electron chi connectivity index (χ1n) is 4.98. The lowest BCUT2D eigenvalue weighted by atomic mass is 10.3. The maximum Gasteiger partial charge on any atom is 0.318 e. The fourth-order valence-corrected chi connectivity index (χ4v) is 2.17. The number of ether oxygens (including phenoxy) is 1. The highest BCUT2D eigenvalue weighted by atomic mass is 32.2. The number of nitrogens with two attached hydrogens (primary N) is 1. The van der Waals surface area contributed by atoms with Crippen molar-refractivity contribution in [2.24, 2.45) is 5.73 Å². The van der Waals surface area contributed by atoms with E-state index in [-0.39, 0.29) is 12.3 Å². The Labute approximate surface area is 104 Å². The summed E-state index contributed by atoms with van der Waals surface area (Å²) in [5.41, 5.74) is 4.82. The van der Waals surface area contributed by atoms with E-state index in [0.717, 1.165) is 10.6 Å². The van der Waals surface area contributed by atoms with Crippen LogP contribution in [0.15, 0.2) is 29.2 Å². The number of amides is 3. The Morgan fingerprint density at radius 3 is 2.76 bits per heavy atom. The molecule has 0 aliphatic rings. The van der Waals surface area contributed by atoms with Crippen LogP contribution in [-0.2, 0) is 4.79 Å². The number of hydrogen-bond acceptors (Lipinski definition) is 4. The van der Waals surface area contributed by atoms with Crippen molar-refractivity contribution in [3.63, 3.8) is 0 Å². The number of primary amides is 1. The van der Waals surface area contributed by atoms with Crippen LogP contribution in [0.3, 0.4) is 0 Å². The Kier molecular flexibility index (Phi) is 5.35. The van der Waals surface area contributed by atoms with Gasteiger partial charge < -0.3 is 10.5 Å². The molecule has 0 aromatic heterocycles. The van der Waals surface area contributed by atoms with E-state index >= 15 is 0 Å². The van der Waals surface area contributed by atoms with Gasteiger partial charge in [0.05, 0.1) is 7.11 Å². The molecule has 5 nitrogen and oxygen atoms in total. The molecule has 0 spiro atoms. The lowest BCUT2D eigenvalue weighted by Crippen LogP contribution is -2.35. The molecule has 0 unspecified atom stereocenters. The predicted octanol–water partition coefficient (Wildman–Crippen LogP) is 1.37. The highest BCUT2D eigenvalue weighted by Crippen LogP contribution is 2.28. The largest absolute Gasteiger partial charge is 0.496 e. The lowest BCUT2D eigenvalue weighted by molar-refractivity contribution is -0.119. The van der Waals surface area contributed by atoms with Gasteiger partial charge in [0.1, 0.15) is 5.75 Å². The summed E-state index contributed by atoms with van der Waals surface area (Å²) in [7, 11) is 1.60. The molecule has 0 radical (unpaired) electrons. The Hall–Kier alpha value is -1.69. The number of benzene rings is 1. The molecule has 6 heteroatoms. The van der Waals surface area contributed by atoms with Crippen LogP contribution in [0.5, 0.6) is 5.75 Å². The van der Waals surface area contributed by atoms with Gasteiger partial charge in [-0.3, -0.25) is 10.1 Å². The molecular formula is C11H14N2O3S. The summed E-state index contributed by atoms with van der Waals surface area (Å²) >= 11 is 1.49. The number of hydrogen-bond donors (Lipinski definition) is 2. The SMILES string of the molecule is COc1ccccc1SCCC(=O)NC(N)=O. The Morgan fingerprint density at radius 2 is 2.12 bits per heavy atom. The minimum atomic E-state index is -0.822. The summed E-state index contributed by atoms with van der Waals surface area (Å²) < 4.78 is 5.17. The van der Waals surface area contributed by atoms with Gasteiger partial charge in [-0.1, -0.05) is 12.1 Å². The topological polar surface area (TPSA) is 81.4 Å². The summed E-state index contributed by atoms with van der Waals surface area (Å²) in [6.45, 7) is 0. The van der Waals surface area contributed by atoms with E-state index in [9.17, 15) is 9.59 Å². The van der Waals surface area contributed by atoms with Crippen LogP contribution in [-0.4, -0.2) is 24.8 Å². The second-order valence-electron chi connectivity index (χ2n) is 3.16. The molecule has 0 saturated carbocycles. The van der Waals surface area contributed by atoms with Gasteiger partial charge in [0.25, 0.3) is 0 Å². The smallest absolute Gasteiger partial charge is 0.318 e. The van der Waals surface area contributed by atoms with E-state index in [1.165, 1.54) is 11.8 Å². The molecule has 1 aromatic carbocycles. The van der Waals surface area contributed by atoms with Crippen molar-refractivity contribution in [1.29, 1.82) is 0 Å². The molecule has 0 bridgehead atoms. The van der Waals surface area contributed by atoms with Crippen molar-refractivity contribution in [3.8, 4) is 5.75 Å². The maximum absolute atomic E-state index is 11.1. The van der Waals surface area contributed by atoms with Crippen molar-refractivity contribution >= 4 is 23.7 Å². The van der Waals surface area contributed by atoms with Crippen LogP contribution < -0.4 is 15.8 Å². The molecule has 0 heterocycles. The van der Waals surface area contributed by atoms with Gasteiger partial charge >= 0.3 is 6.03 Å². The quantitative estimate of drug-likeness (QED) is 0.778. The summed E-state index contributed by atoms with van der Waals surface area (Å²) in [5.74, 6) is 0.951. The number of rotatable bonds is 5. The second kappa shape index (κ2) is 6.80. The van der Waals surface area contributed by atoms with Crippen LogP contribution in [0.4, 0.5) is 4.79 Å². The summed E-state index contributed by atoms with van der Waals surface area (Å²) in [6.07, 6.45) is 0.228. The average molecular weight is 254 g/mol. The van der Waals surface area contributed by atoms with Gasteiger partial charge in [-0.2, -0.15) is 0 Å². The number of thioether (sulfide) groups is 1. The fraction of sp³-hybridized carbons (Fsp3) is 0.273. The monoisotopic (exact) mass is 254 g/mol. The molecule has 1 aromatic rings. The highest BCUT2D eigenvalue weighted by Gasteiger charge is 2.06. The number of para-hydroxylation sites is 1. The minimum Gasteiger partial charge on any atom is -0.496 e. The minimum absolute atomic E-state index is 0.228. The third-order valence-electron chi connectivity index (χ3n) is 1.92. The normalized spacial score (nSPS) is 9.71. The van der Waals surface area contributed by atoms with Crippen LogP contribution in [0.1, 0.15) is 6.42 Å². The first kappa shape index (κ1) is 13.4. The number of imide groups is 1. The van der Waals surface area contributed by atoms with Crippen LogP contribution in [0, 0.1) is 0 Å². The third-order valence-corrected chi connectivity index (χ3v) is 2.97. The van der Waals surface area contributed by atoms with Crippen LogP contribution >= 0.6 is 11.8 Å².